The van der Waals surface area contributed by atoms with E-state index in [2.05, 4.69) is 254 Å². The minimum absolute atomic E-state index is 0.561. The molecule has 1 aromatic heterocycles. The first kappa shape index (κ1) is 36.5. The Morgan fingerprint density at radius 2 is 0.781 bits per heavy atom. The van der Waals surface area contributed by atoms with Gasteiger partial charge >= 0.3 is 0 Å². The molecule has 0 atom stereocenters. The van der Waals surface area contributed by atoms with Crippen LogP contribution in [0.3, 0.4) is 0 Å². The molecule has 300 valence electrons. The lowest BCUT2D eigenvalue weighted by Gasteiger charge is -2.39. The molecular weight excluding hydrogens is 775 g/mol. The average Bonchev–Trinajstić information content (AvgIpc) is 4.01. The first-order chi connectivity index (χ1) is 31.8. The van der Waals surface area contributed by atoms with Crippen LogP contribution >= 0.6 is 0 Å². The maximum absolute atomic E-state index is 6.88. The number of para-hydroxylation sites is 2. The van der Waals surface area contributed by atoms with E-state index in [0.717, 1.165) is 39.0 Å². The lowest BCUT2D eigenvalue weighted by atomic mass is 9.66. The molecule has 0 radical (unpaired) electrons. The molecule has 0 fully saturated rings. The Labute approximate surface area is 373 Å². The summed E-state index contributed by atoms with van der Waals surface area (Å²) >= 11 is 0. The molecule has 64 heavy (non-hydrogen) atoms. The molecule has 0 saturated heterocycles. The summed E-state index contributed by atoms with van der Waals surface area (Å²) in [5, 5.41) is 2.20. The average molecular weight is 816 g/mol. The molecule has 0 saturated carbocycles. The van der Waals surface area contributed by atoms with Crippen molar-refractivity contribution in [3.8, 4) is 22.3 Å². The van der Waals surface area contributed by atoms with Gasteiger partial charge in [0.2, 0.25) is 0 Å². The first-order valence-electron chi connectivity index (χ1n) is 22.2. The third-order valence-corrected chi connectivity index (χ3v) is 14.0. The smallest absolute Gasteiger partial charge is 0.135 e. The monoisotopic (exact) mass is 815 g/mol. The molecule has 1 heterocycles. The van der Waals surface area contributed by atoms with Crippen molar-refractivity contribution in [2.24, 2.45) is 0 Å². The molecule has 2 heteroatoms. The Morgan fingerprint density at radius 1 is 0.312 bits per heavy atom. The third kappa shape index (κ3) is 4.91. The van der Waals surface area contributed by atoms with Crippen molar-refractivity contribution in [3.63, 3.8) is 0 Å². The van der Waals surface area contributed by atoms with Crippen LogP contribution in [-0.4, -0.2) is 0 Å². The van der Waals surface area contributed by atoms with Crippen molar-refractivity contribution >= 4 is 39.0 Å². The molecule has 0 unspecified atom stereocenters. The number of anilines is 3. The van der Waals surface area contributed by atoms with Gasteiger partial charge in [-0.25, -0.2) is 0 Å². The maximum Gasteiger partial charge on any atom is 0.135 e. The molecule has 0 amide bonds. The van der Waals surface area contributed by atoms with Crippen molar-refractivity contribution in [1.82, 2.24) is 0 Å². The number of hydrogen-bond acceptors (Lipinski definition) is 2. The van der Waals surface area contributed by atoms with Gasteiger partial charge in [-0.2, -0.15) is 0 Å². The van der Waals surface area contributed by atoms with Crippen LogP contribution in [-0.2, 0) is 10.8 Å². The topological polar surface area (TPSA) is 16.4 Å². The molecule has 2 nitrogen and oxygen atoms in total. The molecule has 0 bridgehead atoms. The van der Waals surface area contributed by atoms with Crippen LogP contribution in [0.1, 0.15) is 44.5 Å². The largest absolute Gasteiger partial charge is 0.456 e. The van der Waals surface area contributed by atoms with Crippen LogP contribution in [0.5, 0.6) is 0 Å². The van der Waals surface area contributed by atoms with Crippen molar-refractivity contribution in [2.75, 3.05) is 4.90 Å². The highest BCUT2D eigenvalue weighted by molar-refractivity contribution is 6.12. The number of fused-ring (bicyclic) bond motifs is 9. The minimum Gasteiger partial charge on any atom is -0.456 e. The van der Waals surface area contributed by atoms with Gasteiger partial charge < -0.3 is 9.32 Å². The number of hydrogen-bond donors (Lipinski definition) is 0. The van der Waals surface area contributed by atoms with Gasteiger partial charge in [0, 0.05) is 27.6 Å². The van der Waals surface area contributed by atoms with E-state index in [1.165, 1.54) is 66.8 Å². The SMILES string of the molecule is c1ccc(N(c2cccc3c2-c2ccccc2C3(c2ccccc2)c2ccccc2)c2ccc3oc4ccccc4c3c2C2(c3ccccc3)c3ccccc3-c3ccccc32)cc1. The van der Waals surface area contributed by atoms with Gasteiger partial charge in [0.25, 0.3) is 0 Å². The van der Waals surface area contributed by atoms with Crippen LogP contribution in [0.2, 0.25) is 0 Å². The second-order valence-electron chi connectivity index (χ2n) is 17.0. The van der Waals surface area contributed by atoms with Gasteiger partial charge in [0.1, 0.15) is 11.2 Å². The van der Waals surface area contributed by atoms with E-state index in [4.69, 9.17) is 4.42 Å². The quantitative estimate of drug-likeness (QED) is 0.159. The van der Waals surface area contributed by atoms with Crippen molar-refractivity contribution < 1.29 is 4.42 Å². The van der Waals surface area contributed by atoms with Gasteiger partial charge in [0.05, 0.1) is 22.2 Å². The zero-order valence-corrected chi connectivity index (χ0v) is 35.0. The van der Waals surface area contributed by atoms with Crippen molar-refractivity contribution in [3.05, 3.63) is 293 Å². The number of nitrogens with zero attached hydrogens (tertiary/aromatic N) is 1. The van der Waals surface area contributed by atoms with E-state index in [1.807, 2.05) is 0 Å². The Balaban J connectivity index is 1.22. The third-order valence-electron chi connectivity index (χ3n) is 14.0. The molecule has 0 aliphatic heterocycles. The summed E-state index contributed by atoms with van der Waals surface area (Å²) in [7, 11) is 0. The molecule has 0 N–H and O–H groups in total. The summed E-state index contributed by atoms with van der Waals surface area (Å²) in [6.45, 7) is 0. The first-order valence-corrected chi connectivity index (χ1v) is 22.2. The second-order valence-corrected chi connectivity index (χ2v) is 17.0. The Bertz CT molecular complexity index is 3470. The molecule has 2 aliphatic carbocycles. The van der Waals surface area contributed by atoms with E-state index in [1.54, 1.807) is 0 Å². The summed E-state index contributed by atoms with van der Waals surface area (Å²) in [6.07, 6.45) is 0. The fourth-order valence-corrected chi connectivity index (χ4v) is 11.7. The zero-order valence-electron chi connectivity index (χ0n) is 35.0. The fraction of sp³-hybridized carbons (Fsp3) is 0.0323. The Morgan fingerprint density at radius 3 is 1.39 bits per heavy atom. The fourth-order valence-electron chi connectivity index (χ4n) is 11.7. The zero-order chi connectivity index (χ0) is 42.2. The van der Waals surface area contributed by atoms with Crippen LogP contribution in [0.4, 0.5) is 17.1 Å². The molecule has 11 aromatic rings. The highest BCUT2D eigenvalue weighted by Crippen LogP contribution is 2.63. The molecule has 2 aliphatic rings. The van der Waals surface area contributed by atoms with Gasteiger partial charge in [-0.1, -0.05) is 212 Å². The molecule has 13 rings (SSSR count). The summed E-state index contributed by atoms with van der Waals surface area (Å²) in [5.74, 6) is 0. The summed E-state index contributed by atoms with van der Waals surface area (Å²) in [4.78, 5) is 2.55. The van der Waals surface area contributed by atoms with Crippen molar-refractivity contribution in [1.29, 1.82) is 0 Å². The standard InChI is InChI=1S/C62H41NO/c1-5-22-42(23-6-1)61(43-24-7-2-8-25-43)52-36-19-15-32-48(52)58-53(61)37-21-38-54(58)63(45-28-11-4-12-29-45)55-40-41-57-59(49-33-16-20-39-56(49)64-57)60(55)62(44-26-9-3-10-27-44)50-34-17-13-30-46(50)47-31-14-18-35-51(47)62/h1-41H. The lowest BCUT2D eigenvalue weighted by molar-refractivity contribution is 0.667. The van der Waals surface area contributed by atoms with Crippen LogP contribution in [0.25, 0.3) is 44.2 Å². The van der Waals surface area contributed by atoms with E-state index >= 15 is 0 Å². The minimum atomic E-state index is -0.739. The Kier molecular flexibility index (Phi) is 8.07. The number of benzene rings is 10. The lowest BCUT2D eigenvalue weighted by Crippen LogP contribution is -2.31. The summed E-state index contributed by atoms with van der Waals surface area (Å²) < 4.78 is 6.88. The second kappa shape index (κ2) is 14.2. The summed E-state index contributed by atoms with van der Waals surface area (Å²) in [6, 6.07) is 91.5. The molecular formula is C62H41NO. The predicted molar refractivity (Wildman–Crippen MR) is 263 cm³/mol. The van der Waals surface area contributed by atoms with Gasteiger partial charge in [-0.3, -0.25) is 0 Å². The number of furan rings is 1. The maximum atomic E-state index is 6.88. The van der Waals surface area contributed by atoms with E-state index in [0.29, 0.717) is 0 Å². The molecule has 10 aromatic carbocycles. The van der Waals surface area contributed by atoms with Crippen LogP contribution in [0, 0.1) is 0 Å². The highest BCUT2D eigenvalue weighted by atomic mass is 16.3. The normalized spacial score (nSPS) is 13.9. The molecule has 0 spiro atoms. The van der Waals surface area contributed by atoms with Crippen LogP contribution < -0.4 is 4.90 Å². The van der Waals surface area contributed by atoms with Gasteiger partial charge in [0.15, 0.2) is 0 Å². The van der Waals surface area contributed by atoms with E-state index < -0.39 is 10.8 Å². The van der Waals surface area contributed by atoms with Gasteiger partial charge in [-0.15, -0.1) is 0 Å². The summed E-state index contributed by atoms with van der Waals surface area (Å²) in [5.41, 5.74) is 18.6. The highest BCUT2D eigenvalue weighted by Gasteiger charge is 2.51. The predicted octanol–water partition coefficient (Wildman–Crippen LogP) is 15.8. The van der Waals surface area contributed by atoms with Crippen molar-refractivity contribution in [2.45, 2.75) is 10.8 Å². The van der Waals surface area contributed by atoms with Crippen LogP contribution in [0.15, 0.2) is 253 Å². The Hall–Kier alpha value is -8.20. The number of rotatable bonds is 7. The van der Waals surface area contributed by atoms with E-state index in [9.17, 15) is 0 Å². The van der Waals surface area contributed by atoms with Gasteiger partial charge in [-0.05, 0) is 92.0 Å². The van der Waals surface area contributed by atoms with E-state index in [-0.39, 0.29) is 0 Å².